The average Bonchev–Trinajstić information content (AvgIpc) is 3.43. The van der Waals surface area contributed by atoms with E-state index in [0.29, 0.717) is 11.4 Å². The van der Waals surface area contributed by atoms with Crippen LogP contribution in [-0.4, -0.2) is 30.6 Å². The number of nitrogens with one attached hydrogen (secondary N) is 2. The molecule has 4 rings (SSSR count). The van der Waals surface area contributed by atoms with Crippen molar-refractivity contribution in [3.8, 4) is 16.5 Å². The van der Waals surface area contributed by atoms with Gasteiger partial charge in [-0.15, -0.1) is 11.3 Å². The molecule has 0 radical (unpaired) electrons. The number of nitrogens with zero attached hydrogens (tertiary/aromatic N) is 4. The number of aromatic nitrogens is 4. The average molecular weight is 450 g/mol. The fourth-order valence-corrected chi connectivity index (χ4v) is 3.67. The largest absolute Gasteiger partial charge is 0.306 e. The van der Waals surface area contributed by atoms with Crippen LogP contribution < -0.4 is 10.9 Å². The van der Waals surface area contributed by atoms with Crippen LogP contribution in [0.15, 0.2) is 58.7 Å². The Morgan fingerprint density at radius 3 is 2.72 bits per heavy atom. The summed E-state index contributed by atoms with van der Waals surface area (Å²) in [4.78, 5) is 43.5. The number of aromatic amines is 1. The fraction of sp³-hybridized carbons (Fsp3) is 0.143. The van der Waals surface area contributed by atoms with Crippen LogP contribution >= 0.6 is 11.3 Å². The molecule has 11 heteroatoms. The second kappa shape index (κ2) is 8.55. The number of rotatable bonds is 6. The van der Waals surface area contributed by atoms with Crippen LogP contribution in [0.5, 0.6) is 0 Å². The molecule has 10 nitrogen and oxygen atoms in total. The molecule has 2 N–H and O–H groups in total. The lowest BCUT2D eigenvalue weighted by atomic mass is 10.1. The topological polar surface area (TPSA) is 136 Å². The second-order valence-electron chi connectivity index (χ2n) is 7.21. The number of carbonyl (C=O) groups is 1. The van der Waals surface area contributed by atoms with Crippen LogP contribution in [0.25, 0.3) is 16.5 Å². The maximum absolute atomic E-state index is 12.8. The summed E-state index contributed by atoms with van der Waals surface area (Å²) in [6.45, 7) is 3.83. The summed E-state index contributed by atoms with van der Waals surface area (Å²) in [5.74, 6) is -0.145. The first-order chi connectivity index (χ1) is 15.3. The zero-order valence-electron chi connectivity index (χ0n) is 17.1. The Kier molecular flexibility index (Phi) is 5.65. The van der Waals surface area contributed by atoms with Gasteiger partial charge in [0.2, 0.25) is 5.95 Å². The Morgan fingerprint density at radius 2 is 2.03 bits per heavy atom. The van der Waals surface area contributed by atoms with Crippen molar-refractivity contribution in [2.75, 3.05) is 5.32 Å². The number of benzene rings is 1. The molecule has 0 bridgehead atoms. The molecule has 1 amide bonds. The molecule has 0 saturated heterocycles. The molecule has 0 unspecified atom stereocenters. The van der Waals surface area contributed by atoms with E-state index >= 15 is 0 Å². The standard InChI is InChI=1S/C21H18N6O4S/c1-12(2)15-11-19(28)24-21(22-15)26-18(10-16(25-26)17-7-4-8-32-17)23-20(29)13-5-3-6-14(9-13)27(30)31/h3-12H,1-2H3,(H,23,29)(H,22,24,28). The second-order valence-corrected chi connectivity index (χ2v) is 8.16. The van der Waals surface area contributed by atoms with E-state index in [1.807, 2.05) is 31.4 Å². The van der Waals surface area contributed by atoms with Crippen molar-refractivity contribution in [2.24, 2.45) is 0 Å². The van der Waals surface area contributed by atoms with Crippen molar-refractivity contribution in [1.82, 2.24) is 19.7 Å². The normalized spacial score (nSPS) is 11.0. The van der Waals surface area contributed by atoms with E-state index in [4.69, 9.17) is 0 Å². The molecule has 0 fully saturated rings. The molecule has 0 aliphatic heterocycles. The Balaban J connectivity index is 1.78. The maximum Gasteiger partial charge on any atom is 0.270 e. The number of thiophene rings is 1. The monoisotopic (exact) mass is 450 g/mol. The van der Waals surface area contributed by atoms with Gasteiger partial charge in [0.1, 0.15) is 11.5 Å². The van der Waals surface area contributed by atoms with E-state index in [0.717, 1.165) is 4.88 Å². The van der Waals surface area contributed by atoms with Crippen LogP contribution in [0.3, 0.4) is 0 Å². The minimum atomic E-state index is -0.567. The lowest BCUT2D eigenvalue weighted by molar-refractivity contribution is -0.384. The van der Waals surface area contributed by atoms with E-state index < -0.39 is 10.8 Å². The summed E-state index contributed by atoms with van der Waals surface area (Å²) in [6.07, 6.45) is 0. The van der Waals surface area contributed by atoms with Crippen molar-refractivity contribution >= 4 is 28.7 Å². The first kappa shape index (κ1) is 21.1. The number of non-ortho nitro benzene ring substituents is 1. The number of nitro benzene ring substituents is 1. The minimum absolute atomic E-state index is 0.00582. The summed E-state index contributed by atoms with van der Waals surface area (Å²) in [7, 11) is 0. The van der Waals surface area contributed by atoms with Crippen LogP contribution in [0, 0.1) is 10.1 Å². The van der Waals surface area contributed by atoms with Gasteiger partial charge in [-0.05, 0) is 23.4 Å². The summed E-state index contributed by atoms with van der Waals surface area (Å²) in [5.41, 5.74) is 0.728. The number of amides is 1. The maximum atomic E-state index is 12.8. The zero-order chi connectivity index (χ0) is 22.8. The van der Waals surface area contributed by atoms with Gasteiger partial charge in [-0.1, -0.05) is 26.0 Å². The van der Waals surface area contributed by atoms with Crippen LogP contribution in [0.1, 0.15) is 35.8 Å². The van der Waals surface area contributed by atoms with Crippen LogP contribution in [0.4, 0.5) is 11.5 Å². The third kappa shape index (κ3) is 4.32. The molecule has 3 aromatic heterocycles. The van der Waals surface area contributed by atoms with Gasteiger partial charge in [-0.3, -0.25) is 24.7 Å². The molecule has 0 aliphatic carbocycles. The molecule has 0 aliphatic rings. The van der Waals surface area contributed by atoms with Crippen molar-refractivity contribution < 1.29 is 9.72 Å². The van der Waals surface area contributed by atoms with Gasteiger partial charge < -0.3 is 5.32 Å². The summed E-state index contributed by atoms with van der Waals surface area (Å²) in [5, 5.41) is 20.2. The lowest BCUT2D eigenvalue weighted by Crippen LogP contribution is -2.19. The summed E-state index contributed by atoms with van der Waals surface area (Å²) in [6, 6.07) is 12.2. The highest BCUT2D eigenvalue weighted by Crippen LogP contribution is 2.28. The number of nitro groups is 1. The SMILES string of the molecule is CC(C)c1cc(=O)[nH]c(-n2nc(-c3cccs3)cc2NC(=O)c2cccc([N+](=O)[O-])c2)n1. The number of H-pyrrole nitrogens is 1. The molecule has 0 spiro atoms. The van der Waals surface area contributed by atoms with Gasteiger partial charge in [0, 0.05) is 29.8 Å². The number of hydrogen-bond donors (Lipinski definition) is 2. The van der Waals surface area contributed by atoms with Gasteiger partial charge in [0.25, 0.3) is 17.2 Å². The van der Waals surface area contributed by atoms with Crippen molar-refractivity contribution in [3.63, 3.8) is 0 Å². The first-order valence-corrected chi connectivity index (χ1v) is 10.5. The molecule has 32 heavy (non-hydrogen) atoms. The van der Waals surface area contributed by atoms with Crippen molar-refractivity contribution in [1.29, 1.82) is 0 Å². The Morgan fingerprint density at radius 1 is 1.22 bits per heavy atom. The van der Waals surface area contributed by atoms with Gasteiger partial charge in [-0.2, -0.15) is 9.78 Å². The van der Waals surface area contributed by atoms with E-state index in [1.54, 1.807) is 6.07 Å². The predicted molar refractivity (Wildman–Crippen MR) is 120 cm³/mol. The Labute approximate surface area is 185 Å². The molecular formula is C21H18N6O4S. The van der Waals surface area contributed by atoms with E-state index in [9.17, 15) is 19.7 Å². The van der Waals surface area contributed by atoms with Crippen molar-refractivity contribution in [3.05, 3.63) is 85.6 Å². The summed E-state index contributed by atoms with van der Waals surface area (Å²) < 4.78 is 1.34. The van der Waals surface area contributed by atoms with Gasteiger partial charge in [-0.25, -0.2) is 4.98 Å². The zero-order valence-corrected chi connectivity index (χ0v) is 17.9. The van der Waals surface area contributed by atoms with Crippen LogP contribution in [0.2, 0.25) is 0 Å². The summed E-state index contributed by atoms with van der Waals surface area (Å²) >= 11 is 1.47. The molecule has 1 aromatic carbocycles. The quantitative estimate of drug-likeness (QED) is 0.337. The van der Waals surface area contributed by atoms with Gasteiger partial charge in [0.15, 0.2) is 0 Å². The highest BCUT2D eigenvalue weighted by Gasteiger charge is 2.19. The lowest BCUT2D eigenvalue weighted by Gasteiger charge is -2.10. The van der Waals surface area contributed by atoms with Gasteiger partial charge in [0.05, 0.1) is 15.5 Å². The van der Waals surface area contributed by atoms with Gasteiger partial charge >= 0.3 is 0 Å². The predicted octanol–water partition coefficient (Wildman–Crippen LogP) is 3.97. The fourth-order valence-electron chi connectivity index (χ4n) is 2.98. The molecular weight excluding hydrogens is 432 g/mol. The van der Waals surface area contributed by atoms with E-state index in [-0.39, 0.29) is 34.5 Å². The molecule has 162 valence electrons. The highest BCUT2D eigenvalue weighted by atomic mass is 32.1. The van der Waals surface area contributed by atoms with Crippen molar-refractivity contribution in [2.45, 2.75) is 19.8 Å². The number of carbonyl (C=O) groups excluding carboxylic acids is 1. The van der Waals surface area contributed by atoms with Crippen LogP contribution in [-0.2, 0) is 0 Å². The third-order valence-corrected chi connectivity index (χ3v) is 5.48. The minimum Gasteiger partial charge on any atom is -0.306 e. The molecule has 0 atom stereocenters. The Bertz CT molecular complexity index is 1360. The molecule has 3 heterocycles. The smallest absolute Gasteiger partial charge is 0.270 e. The van der Waals surface area contributed by atoms with E-state index in [1.165, 1.54) is 46.4 Å². The molecule has 4 aromatic rings. The number of anilines is 1. The third-order valence-electron chi connectivity index (χ3n) is 4.58. The highest BCUT2D eigenvalue weighted by molar-refractivity contribution is 7.13. The first-order valence-electron chi connectivity index (χ1n) is 9.63. The van der Waals surface area contributed by atoms with E-state index in [2.05, 4.69) is 20.4 Å². The molecule has 0 saturated carbocycles. The number of hydrogen-bond acceptors (Lipinski definition) is 7. The Hall–Kier alpha value is -4.12.